The molecule has 0 saturated carbocycles. The van der Waals surface area contributed by atoms with Crippen LogP contribution in [0, 0.1) is 5.82 Å². The van der Waals surface area contributed by atoms with Gasteiger partial charge in [0, 0.05) is 5.69 Å². The summed E-state index contributed by atoms with van der Waals surface area (Å²) in [6.45, 7) is 4.08. The van der Waals surface area contributed by atoms with E-state index in [4.69, 9.17) is 4.74 Å². The molecule has 0 saturated heterocycles. The van der Waals surface area contributed by atoms with Gasteiger partial charge in [-0.25, -0.2) is 4.39 Å². The summed E-state index contributed by atoms with van der Waals surface area (Å²) < 4.78 is 20.7. The van der Waals surface area contributed by atoms with E-state index in [1.54, 1.807) is 19.1 Å². The summed E-state index contributed by atoms with van der Waals surface area (Å²) in [6.07, 6.45) is 0. The summed E-state index contributed by atoms with van der Waals surface area (Å²) in [7, 11) is 3.90. The van der Waals surface area contributed by atoms with E-state index in [1.807, 2.05) is 60.8 Å². The lowest BCUT2D eigenvalue weighted by atomic mass is 10.1. The number of nitrogens with zero attached hydrogens (tertiary/aromatic N) is 4. The summed E-state index contributed by atoms with van der Waals surface area (Å²) in [5, 5.41) is 8.70. The van der Waals surface area contributed by atoms with E-state index in [-0.39, 0.29) is 24.4 Å². The van der Waals surface area contributed by atoms with Gasteiger partial charge in [0.2, 0.25) is 0 Å². The molecular formula is C22H25FN4O2S. The second-order valence-electron chi connectivity index (χ2n) is 6.95. The first-order chi connectivity index (χ1) is 14.4. The van der Waals surface area contributed by atoms with E-state index < -0.39 is 5.25 Å². The highest BCUT2D eigenvalue weighted by Crippen LogP contribution is 2.37. The second kappa shape index (κ2) is 9.86. The molecule has 2 atom stereocenters. The van der Waals surface area contributed by atoms with E-state index in [2.05, 4.69) is 10.2 Å². The molecule has 0 fully saturated rings. The zero-order valence-electron chi connectivity index (χ0n) is 17.4. The number of esters is 1. The fraction of sp³-hybridized carbons (Fsp3) is 0.318. The highest BCUT2D eigenvalue weighted by molar-refractivity contribution is 8.00. The van der Waals surface area contributed by atoms with Crippen molar-refractivity contribution < 1.29 is 13.9 Å². The number of carbonyl (C=O) groups excluding carboxylic acids is 1. The van der Waals surface area contributed by atoms with Crippen molar-refractivity contribution in [1.82, 2.24) is 19.7 Å². The molecule has 1 aromatic heterocycles. The van der Waals surface area contributed by atoms with Crippen molar-refractivity contribution >= 4 is 17.7 Å². The predicted octanol–water partition coefficient (Wildman–Crippen LogP) is 4.43. The van der Waals surface area contributed by atoms with Crippen molar-refractivity contribution in [3.8, 4) is 5.69 Å². The van der Waals surface area contributed by atoms with E-state index >= 15 is 0 Å². The van der Waals surface area contributed by atoms with E-state index in [0.717, 1.165) is 11.3 Å². The molecule has 158 valence electrons. The first-order valence-electron chi connectivity index (χ1n) is 9.68. The fourth-order valence-electron chi connectivity index (χ4n) is 2.90. The lowest BCUT2D eigenvalue weighted by molar-refractivity contribution is -0.142. The normalized spacial score (nSPS) is 13.3. The molecule has 6 nitrogen and oxygen atoms in total. The molecule has 0 aliphatic heterocycles. The molecule has 0 N–H and O–H groups in total. The van der Waals surface area contributed by atoms with Gasteiger partial charge in [-0.2, -0.15) is 0 Å². The maximum absolute atomic E-state index is 13.5. The van der Waals surface area contributed by atoms with Gasteiger partial charge in [-0.3, -0.25) is 14.3 Å². The van der Waals surface area contributed by atoms with Crippen molar-refractivity contribution in [3.63, 3.8) is 0 Å². The Morgan fingerprint density at radius 2 is 1.80 bits per heavy atom. The zero-order chi connectivity index (χ0) is 21.7. The van der Waals surface area contributed by atoms with E-state index in [9.17, 15) is 9.18 Å². The first-order valence-corrected chi connectivity index (χ1v) is 10.6. The van der Waals surface area contributed by atoms with Crippen LogP contribution in [-0.2, 0) is 9.53 Å². The van der Waals surface area contributed by atoms with Crippen molar-refractivity contribution in [2.75, 3.05) is 20.7 Å². The Balaban J connectivity index is 2.07. The Labute approximate surface area is 180 Å². The number of hydrogen-bond donors (Lipinski definition) is 0. The van der Waals surface area contributed by atoms with Gasteiger partial charge in [-0.1, -0.05) is 42.1 Å². The minimum absolute atomic E-state index is 0.0466. The van der Waals surface area contributed by atoms with Crippen LogP contribution in [0.4, 0.5) is 4.39 Å². The molecule has 0 unspecified atom stereocenters. The second-order valence-corrected chi connectivity index (χ2v) is 8.03. The summed E-state index contributed by atoms with van der Waals surface area (Å²) in [6, 6.07) is 15.5. The van der Waals surface area contributed by atoms with Crippen LogP contribution < -0.4 is 0 Å². The molecule has 0 aliphatic carbocycles. The van der Waals surface area contributed by atoms with Crippen LogP contribution >= 0.6 is 11.8 Å². The molecule has 1 heterocycles. The standard InChI is InChI=1S/C22H25FN4O2S/c1-5-29-21(28)19(16-9-7-6-8-10-16)30-22-25-24-20(15(2)26(3)4)27(22)18-13-11-17(23)12-14-18/h6-15,19H,5H2,1-4H3/t15-,19+/m0/s1. The lowest BCUT2D eigenvalue weighted by Gasteiger charge is -2.21. The molecule has 0 aliphatic rings. The van der Waals surface area contributed by atoms with Crippen LogP contribution in [0.3, 0.4) is 0 Å². The van der Waals surface area contributed by atoms with Crippen molar-refractivity contribution in [1.29, 1.82) is 0 Å². The van der Waals surface area contributed by atoms with Gasteiger partial charge in [-0.05, 0) is 57.8 Å². The van der Waals surface area contributed by atoms with Gasteiger partial charge in [-0.15, -0.1) is 10.2 Å². The predicted molar refractivity (Wildman–Crippen MR) is 115 cm³/mol. The molecule has 8 heteroatoms. The monoisotopic (exact) mass is 428 g/mol. The van der Waals surface area contributed by atoms with Gasteiger partial charge < -0.3 is 4.74 Å². The zero-order valence-corrected chi connectivity index (χ0v) is 18.3. The molecule has 0 bridgehead atoms. The van der Waals surface area contributed by atoms with E-state index in [0.29, 0.717) is 11.0 Å². The minimum atomic E-state index is -0.600. The fourth-order valence-corrected chi connectivity index (χ4v) is 3.96. The average molecular weight is 429 g/mol. The van der Waals surface area contributed by atoms with Crippen molar-refractivity contribution in [3.05, 3.63) is 71.8 Å². The Hall–Kier alpha value is -2.71. The summed E-state index contributed by atoms with van der Waals surface area (Å²) >= 11 is 1.27. The number of thioether (sulfide) groups is 1. The maximum atomic E-state index is 13.5. The number of halogens is 1. The van der Waals surface area contributed by atoms with Gasteiger partial charge in [0.15, 0.2) is 11.0 Å². The Morgan fingerprint density at radius 1 is 1.13 bits per heavy atom. The largest absolute Gasteiger partial charge is 0.465 e. The topological polar surface area (TPSA) is 60.2 Å². The molecule has 3 rings (SSSR count). The van der Waals surface area contributed by atoms with Gasteiger partial charge >= 0.3 is 5.97 Å². The molecule has 3 aromatic rings. The summed E-state index contributed by atoms with van der Waals surface area (Å²) in [5.74, 6) is 0.0336. The van der Waals surface area contributed by atoms with Crippen molar-refractivity contribution in [2.24, 2.45) is 0 Å². The number of hydrogen-bond acceptors (Lipinski definition) is 6. The Bertz CT molecular complexity index is 977. The number of rotatable bonds is 8. The third-order valence-corrected chi connectivity index (χ3v) is 5.89. The SMILES string of the molecule is CCOC(=O)[C@H](Sc1nnc([C@H](C)N(C)C)n1-c1ccc(F)cc1)c1ccccc1. The van der Waals surface area contributed by atoms with Crippen LogP contribution in [0.15, 0.2) is 59.8 Å². The van der Waals surface area contributed by atoms with Crippen LogP contribution in [0.2, 0.25) is 0 Å². The third kappa shape index (κ3) is 4.88. The highest BCUT2D eigenvalue weighted by Gasteiger charge is 2.28. The first kappa shape index (κ1) is 22.0. The third-order valence-electron chi connectivity index (χ3n) is 4.72. The van der Waals surface area contributed by atoms with Crippen LogP contribution in [0.5, 0.6) is 0 Å². The number of ether oxygens (including phenoxy) is 1. The minimum Gasteiger partial charge on any atom is -0.465 e. The molecule has 30 heavy (non-hydrogen) atoms. The smallest absolute Gasteiger partial charge is 0.324 e. The molecule has 2 aromatic carbocycles. The maximum Gasteiger partial charge on any atom is 0.324 e. The number of aromatic nitrogens is 3. The van der Waals surface area contributed by atoms with Gasteiger partial charge in [0.1, 0.15) is 11.1 Å². The van der Waals surface area contributed by atoms with Crippen LogP contribution in [-0.4, -0.2) is 46.3 Å². The Kier molecular flexibility index (Phi) is 7.23. The molecule has 0 radical (unpaired) electrons. The van der Waals surface area contributed by atoms with Crippen molar-refractivity contribution in [2.45, 2.75) is 30.3 Å². The van der Waals surface area contributed by atoms with Gasteiger partial charge in [0.25, 0.3) is 0 Å². The molecule has 0 spiro atoms. The number of carbonyl (C=O) groups is 1. The van der Waals surface area contributed by atoms with Gasteiger partial charge in [0.05, 0.1) is 12.6 Å². The average Bonchev–Trinajstić information content (AvgIpc) is 3.16. The molecule has 0 amide bonds. The lowest BCUT2D eigenvalue weighted by Crippen LogP contribution is -2.21. The van der Waals surface area contributed by atoms with E-state index in [1.165, 1.54) is 23.9 Å². The molecular weight excluding hydrogens is 403 g/mol. The summed E-state index contributed by atoms with van der Waals surface area (Å²) in [4.78, 5) is 14.7. The summed E-state index contributed by atoms with van der Waals surface area (Å²) in [5.41, 5.74) is 1.54. The highest BCUT2D eigenvalue weighted by atomic mass is 32.2. The van der Waals surface area contributed by atoms with Crippen LogP contribution in [0.25, 0.3) is 5.69 Å². The Morgan fingerprint density at radius 3 is 2.40 bits per heavy atom. The van der Waals surface area contributed by atoms with Crippen LogP contribution in [0.1, 0.15) is 36.5 Å². The number of benzene rings is 2. The quantitative estimate of drug-likeness (QED) is 0.391.